The summed E-state index contributed by atoms with van der Waals surface area (Å²) < 4.78 is 9.75. The molecule has 3 nitrogen and oxygen atoms in total. The number of rotatable bonds is 3. The number of hydrogen-bond donors (Lipinski definition) is 0. The quantitative estimate of drug-likeness (QED) is 0.429. The maximum absolute atomic E-state index is 11.4. The molecule has 0 saturated heterocycles. The van der Waals surface area contributed by atoms with E-state index in [-0.39, 0.29) is 5.57 Å². The Kier molecular flexibility index (Phi) is 3.72. The van der Waals surface area contributed by atoms with Crippen LogP contribution < -0.4 is 4.74 Å². The molecule has 0 aromatic heterocycles. The SMILES string of the molecule is C=C=C(C(=O)OC)c1ccccc1OC. The van der Waals surface area contributed by atoms with Crippen molar-refractivity contribution in [3.8, 4) is 5.75 Å². The largest absolute Gasteiger partial charge is 0.496 e. The van der Waals surface area contributed by atoms with Gasteiger partial charge < -0.3 is 9.47 Å². The average Bonchev–Trinajstić information content (AvgIpc) is 2.30. The molecule has 0 heterocycles. The van der Waals surface area contributed by atoms with E-state index in [1.54, 1.807) is 18.2 Å². The smallest absolute Gasteiger partial charge is 0.346 e. The highest BCUT2D eigenvalue weighted by Gasteiger charge is 2.15. The summed E-state index contributed by atoms with van der Waals surface area (Å²) in [5.41, 5.74) is 3.46. The van der Waals surface area contributed by atoms with E-state index in [2.05, 4.69) is 17.0 Å². The van der Waals surface area contributed by atoms with Crippen molar-refractivity contribution >= 4 is 11.5 Å². The van der Waals surface area contributed by atoms with Crippen LogP contribution in [0.1, 0.15) is 5.56 Å². The number of benzene rings is 1. The molecular formula is C12H12O3. The first-order valence-electron chi connectivity index (χ1n) is 4.36. The van der Waals surface area contributed by atoms with Gasteiger partial charge in [-0.2, -0.15) is 0 Å². The zero-order chi connectivity index (χ0) is 11.3. The van der Waals surface area contributed by atoms with Gasteiger partial charge in [-0.05, 0) is 12.1 Å². The fourth-order valence-electron chi connectivity index (χ4n) is 1.23. The Labute approximate surface area is 88.6 Å². The van der Waals surface area contributed by atoms with E-state index in [9.17, 15) is 4.79 Å². The van der Waals surface area contributed by atoms with Gasteiger partial charge in [-0.3, -0.25) is 0 Å². The Bertz CT molecular complexity index is 415. The van der Waals surface area contributed by atoms with Gasteiger partial charge in [0.05, 0.1) is 14.2 Å². The second-order valence-corrected chi connectivity index (χ2v) is 2.74. The first-order chi connectivity index (χ1) is 7.24. The Balaban J connectivity index is 3.25. The summed E-state index contributed by atoms with van der Waals surface area (Å²) in [4.78, 5) is 11.4. The van der Waals surface area contributed by atoms with Crippen molar-refractivity contribution in [2.75, 3.05) is 14.2 Å². The molecule has 0 atom stereocenters. The van der Waals surface area contributed by atoms with E-state index in [0.29, 0.717) is 11.3 Å². The number of esters is 1. The van der Waals surface area contributed by atoms with Crippen LogP contribution >= 0.6 is 0 Å². The monoisotopic (exact) mass is 204 g/mol. The number of para-hydroxylation sites is 1. The third kappa shape index (κ3) is 2.27. The number of ether oxygens (including phenoxy) is 2. The van der Waals surface area contributed by atoms with Crippen LogP contribution in [-0.4, -0.2) is 20.2 Å². The summed E-state index contributed by atoms with van der Waals surface area (Å²) in [6.45, 7) is 3.46. The fraction of sp³-hybridized carbons (Fsp3) is 0.167. The molecule has 0 saturated carbocycles. The lowest BCUT2D eigenvalue weighted by Crippen LogP contribution is -2.04. The Morgan fingerprint density at radius 1 is 1.33 bits per heavy atom. The highest BCUT2D eigenvalue weighted by Crippen LogP contribution is 2.25. The zero-order valence-electron chi connectivity index (χ0n) is 8.74. The van der Waals surface area contributed by atoms with Gasteiger partial charge in [0.25, 0.3) is 0 Å². The lowest BCUT2D eigenvalue weighted by molar-refractivity contribution is -0.133. The summed E-state index contributed by atoms with van der Waals surface area (Å²) in [5, 5.41) is 0. The van der Waals surface area contributed by atoms with Crippen molar-refractivity contribution in [1.82, 2.24) is 0 Å². The Morgan fingerprint density at radius 2 is 2.00 bits per heavy atom. The highest BCUT2D eigenvalue weighted by molar-refractivity contribution is 6.16. The lowest BCUT2D eigenvalue weighted by Gasteiger charge is -2.08. The second kappa shape index (κ2) is 5.03. The predicted octanol–water partition coefficient (Wildman–Crippen LogP) is 2.04. The number of methoxy groups -OCH3 is 2. The van der Waals surface area contributed by atoms with Gasteiger partial charge in [0.1, 0.15) is 11.3 Å². The second-order valence-electron chi connectivity index (χ2n) is 2.74. The molecule has 0 spiro atoms. The van der Waals surface area contributed by atoms with Gasteiger partial charge in [-0.1, -0.05) is 18.7 Å². The van der Waals surface area contributed by atoms with Crippen molar-refractivity contribution in [3.05, 3.63) is 42.1 Å². The third-order valence-corrected chi connectivity index (χ3v) is 1.94. The van der Waals surface area contributed by atoms with Gasteiger partial charge in [0, 0.05) is 5.56 Å². The van der Waals surface area contributed by atoms with E-state index in [4.69, 9.17) is 4.74 Å². The first-order valence-corrected chi connectivity index (χ1v) is 4.36. The van der Waals surface area contributed by atoms with E-state index in [1.165, 1.54) is 14.2 Å². The molecule has 1 aromatic carbocycles. The van der Waals surface area contributed by atoms with E-state index in [0.717, 1.165) is 0 Å². The summed E-state index contributed by atoms with van der Waals surface area (Å²) in [6.07, 6.45) is 0. The minimum atomic E-state index is -0.477. The Morgan fingerprint density at radius 3 is 2.53 bits per heavy atom. The molecule has 0 bridgehead atoms. The van der Waals surface area contributed by atoms with Crippen LogP contribution in [0.25, 0.3) is 5.57 Å². The number of carbonyl (C=O) groups is 1. The van der Waals surface area contributed by atoms with Crippen LogP contribution in [0.5, 0.6) is 5.75 Å². The molecule has 78 valence electrons. The molecule has 0 fully saturated rings. The Hall–Kier alpha value is -1.99. The normalized spacial score (nSPS) is 8.93. The molecule has 0 N–H and O–H groups in total. The molecule has 0 aliphatic heterocycles. The van der Waals surface area contributed by atoms with Crippen LogP contribution in [0.2, 0.25) is 0 Å². The van der Waals surface area contributed by atoms with Crippen molar-refractivity contribution in [1.29, 1.82) is 0 Å². The molecule has 0 aliphatic rings. The van der Waals surface area contributed by atoms with Crippen molar-refractivity contribution in [2.24, 2.45) is 0 Å². The molecule has 1 aromatic rings. The molecule has 15 heavy (non-hydrogen) atoms. The maximum Gasteiger partial charge on any atom is 0.346 e. The lowest BCUT2D eigenvalue weighted by atomic mass is 10.1. The van der Waals surface area contributed by atoms with Crippen molar-refractivity contribution in [2.45, 2.75) is 0 Å². The van der Waals surface area contributed by atoms with E-state index in [1.807, 2.05) is 6.07 Å². The molecule has 1 rings (SSSR count). The molecular weight excluding hydrogens is 192 g/mol. The van der Waals surface area contributed by atoms with Gasteiger partial charge in [0.2, 0.25) is 0 Å². The predicted molar refractivity (Wildman–Crippen MR) is 57.6 cm³/mol. The third-order valence-electron chi connectivity index (χ3n) is 1.94. The standard InChI is InChI=1S/C12H12O3/c1-4-9(12(13)15-3)10-7-5-6-8-11(10)14-2/h5-8H,1H2,2-3H3. The van der Waals surface area contributed by atoms with Gasteiger partial charge >= 0.3 is 5.97 Å². The van der Waals surface area contributed by atoms with Crippen molar-refractivity contribution in [3.63, 3.8) is 0 Å². The highest BCUT2D eigenvalue weighted by atomic mass is 16.5. The molecule has 0 radical (unpaired) electrons. The number of carbonyl (C=O) groups excluding carboxylic acids is 1. The zero-order valence-corrected chi connectivity index (χ0v) is 8.74. The summed E-state index contributed by atoms with van der Waals surface area (Å²) in [5.74, 6) is 0.114. The minimum Gasteiger partial charge on any atom is -0.496 e. The van der Waals surface area contributed by atoms with Crippen LogP contribution in [0.15, 0.2) is 36.6 Å². The molecule has 3 heteroatoms. The van der Waals surface area contributed by atoms with Gasteiger partial charge in [0.15, 0.2) is 0 Å². The van der Waals surface area contributed by atoms with E-state index < -0.39 is 5.97 Å². The number of hydrogen-bond acceptors (Lipinski definition) is 3. The average molecular weight is 204 g/mol. The summed E-state index contributed by atoms with van der Waals surface area (Å²) in [7, 11) is 2.85. The van der Waals surface area contributed by atoms with Crippen LogP contribution in [-0.2, 0) is 9.53 Å². The van der Waals surface area contributed by atoms with Crippen LogP contribution in [0, 0.1) is 0 Å². The molecule has 0 unspecified atom stereocenters. The summed E-state index contributed by atoms with van der Waals surface area (Å²) in [6, 6.07) is 7.14. The molecule has 0 aliphatic carbocycles. The van der Waals surface area contributed by atoms with Gasteiger partial charge in [-0.15, -0.1) is 5.73 Å². The van der Waals surface area contributed by atoms with Crippen molar-refractivity contribution < 1.29 is 14.3 Å². The topological polar surface area (TPSA) is 35.5 Å². The van der Waals surface area contributed by atoms with Crippen LogP contribution in [0.4, 0.5) is 0 Å². The van der Waals surface area contributed by atoms with E-state index >= 15 is 0 Å². The van der Waals surface area contributed by atoms with Crippen LogP contribution in [0.3, 0.4) is 0 Å². The molecule has 0 amide bonds. The maximum atomic E-state index is 11.4. The minimum absolute atomic E-state index is 0.273. The first kappa shape index (κ1) is 11.1. The fourth-order valence-corrected chi connectivity index (χ4v) is 1.23. The summed E-state index contributed by atoms with van der Waals surface area (Å²) >= 11 is 0. The van der Waals surface area contributed by atoms with Gasteiger partial charge in [-0.25, -0.2) is 4.79 Å².